The second-order valence-corrected chi connectivity index (χ2v) is 7.32. The van der Waals surface area contributed by atoms with Crippen LogP contribution in [0.2, 0.25) is 0 Å². The summed E-state index contributed by atoms with van der Waals surface area (Å²) in [5, 5.41) is 0.730. The molecule has 4 rings (SSSR count). The Morgan fingerprint density at radius 1 is 1.48 bits per heavy atom. The smallest absolute Gasteiger partial charge is 0.262 e. The number of fused-ring (bicyclic) bond motifs is 3. The van der Waals surface area contributed by atoms with Gasteiger partial charge in [-0.1, -0.05) is 0 Å². The molecule has 2 aromatic heterocycles. The van der Waals surface area contributed by atoms with Gasteiger partial charge in [0.05, 0.1) is 24.4 Å². The van der Waals surface area contributed by atoms with Crippen LogP contribution in [0.4, 0.5) is 0 Å². The van der Waals surface area contributed by atoms with Crippen LogP contribution in [0.3, 0.4) is 0 Å². The topological polar surface area (TPSA) is 64.4 Å². The third kappa shape index (κ3) is 2.57. The maximum absolute atomic E-state index is 12.8. The van der Waals surface area contributed by atoms with Crippen molar-refractivity contribution in [2.45, 2.75) is 38.8 Å². The molecule has 3 heterocycles. The quantitative estimate of drug-likeness (QED) is 0.828. The van der Waals surface area contributed by atoms with Crippen LogP contribution < -0.4 is 5.56 Å². The molecule has 0 aromatic carbocycles. The zero-order valence-corrected chi connectivity index (χ0v) is 13.9. The Balaban J connectivity index is 1.63. The number of hydrogen-bond donors (Lipinski definition) is 0. The lowest BCUT2D eigenvalue weighted by molar-refractivity contribution is -0.138. The summed E-state index contributed by atoms with van der Waals surface area (Å²) in [6, 6.07) is 0. The molecule has 0 spiro atoms. The highest BCUT2D eigenvalue weighted by atomic mass is 32.1. The lowest BCUT2D eigenvalue weighted by Gasteiger charge is -2.31. The number of amides is 1. The van der Waals surface area contributed by atoms with E-state index in [1.807, 2.05) is 6.92 Å². The minimum Gasteiger partial charge on any atom is -0.375 e. The molecular weight excluding hydrogens is 314 g/mol. The number of morpholine rings is 1. The molecule has 0 saturated carbocycles. The fourth-order valence-corrected chi connectivity index (χ4v) is 4.64. The Bertz CT molecular complexity index is 826. The van der Waals surface area contributed by atoms with Crippen LogP contribution >= 0.6 is 11.3 Å². The van der Waals surface area contributed by atoms with Gasteiger partial charge < -0.3 is 9.64 Å². The normalized spacial score (nSPS) is 20.9. The maximum Gasteiger partial charge on any atom is 0.262 e. The van der Waals surface area contributed by atoms with Gasteiger partial charge in [0.2, 0.25) is 5.91 Å². The van der Waals surface area contributed by atoms with Crippen LogP contribution in [-0.4, -0.2) is 46.2 Å². The molecule has 2 aromatic rings. The summed E-state index contributed by atoms with van der Waals surface area (Å²) in [6.45, 7) is 3.72. The average Bonchev–Trinajstić information content (AvgIpc) is 3.10. The van der Waals surface area contributed by atoms with Gasteiger partial charge in [-0.25, -0.2) is 4.98 Å². The van der Waals surface area contributed by atoms with Crippen molar-refractivity contribution in [3.63, 3.8) is 0 Å². The van der Waals surface area contributed by atoms with Gasteiger partial charge in [-0.15, -0.1) is 11.3 Å². The highest BCUT2D eigenvalue weighted by Crippen LogP contribution is 2.34. The van der Waals surface area contributed by atoms with Crippen LogP contribution in [0.15, 0.2) is 11.1 Å². The van der Waals surface area contributed by atoms with Gasteiger partial charge in [-0.05, 0) is 31.7 Å². The molecule has 23 heavy (non-hydrogen) atoms. The number of aryl methyl sites for hydroxylation is 2. The summed E-state index contributed by atoms with van der Waals surface area (Å²) >= 11 is 1.62. The third-order valence-corrected chi connectivity index (χ3v) is 5.79. The maximum atomic E-state index is 12.8. The van der Waals surface area contributed by atoms with Gasteiger partial charge in [0.15, 0.2) is 0 Å². The molecule has 0 N–H and O–H groups in total. The molecule has 0 radical (unpaired) electrons. The van der Waals surface area contributed by atoms with Gasteiger partial charge in [0.25, 0.3) is 5.56 Å². The van der Waals surface area contributed by atoms with E-state index in [1.165, 1.54) is 15.8 Å². The van der Waals surface area contributed by atoms with E-state index in [9.17, 15) is 9.59 Å². The molecule has 1 unspecified atom stereocenters. The summed E-state index contributed by atoms with van der Waals surface area (Å²) in [5.74, 6) is -0.0460. The van der Waals surface area contributed by atoms with Crippen molar-refractivity contribution in [3.8, 4) is 0 Å². The van der Waals surface area contributed by atoms with Crippen molar-refractivity contribution in [3.05, 3.63) is 27.1 Å². The number of aromatic nitrogens is 2. The highest BCUT2D eigenvalue weighted by Gasteiger charge is 2.24. The van der Waals surface area contributed by atoms with Crippen molar-refractivity contribution in [2.75, 3.05) is 19.7 Å². The molecule has 1 aliphatic heterocycles. The molecule has 1 aliphatic carbocycles. The number of thiophene rings is 1. The fraction of sp³-hybridized carbons (Fsp3) is 0.562. The third-order valence-electron chi connectivity index (χ3n) is 4.59. The highest BCUT2D eigenvalue weighted by molar-refractivity contribution is 7.18. The minimum absolute atomic E-state index is 0.0460. The molecule has 122 valence electrons. The standard InChI is InChI=1S/C16H19N3O3S/c1-10-7-18(5-6-22-10)13(20)8-19-9-17-15-14(16(19)21)11-3-2-4-12(11)23-15/h9-10H,2-8H2,1H3. The Morgan fingerprint density at radius 3 is 3.17 bits per heavy atom. The van der Waals surface area contributed by atoms with E-state index < -0.39 is 0 Å². The second-order valence-electron chi connectivity index (χ2n) is 6.24. The lowest BCUT2D eigenvalue weighted by atomic mass is 10.2. The van der Waals surface area contributed by atoms with Crippen molar-refractivity contribution < 1.29 is 9.53 Å². The molecule has 7 heteroatoms. The SMILES string of the molecule is CC1CN(C(=O)Cn2cnc3sc4c(c3c2=O)CCC4)CCO1. The monoisotopic (exact) mass is 333 g/mol. The summed E-state index contributed by atoms with van der Waals surface area (Å²) in [5.41, 5.74) is 1.08. The number of rotatable bonds is 2. The molecule has 1 saturated heterocycles. The first kappa shape index (κ1) is 14.8. The van der Waals surface area contributed by atoms with E-state index >= 15 is 0 Å². The number of hydrogen-bond acceptors (Lipinski definition) is 5. The number of carbonyl (C=O) groups excluding carboxylic acids is 1. The van der Waals surface area contributed by atoms with Gasteiger partial charge in [-0.3, -0.25) is 14.2 Å². The predicted molar refractivity (Wildman–Crippen MR) is 87.9 cm³/mol. The Labute approximate surface area is 137 Å². The molecule has 1 fully saturated rings. The van der Waals surface area contributed by atoms with Gasteiger partial charge in [-0.2, -0.15) is 0 Å². The van der Waals surface area contributed by atoms with Crippen molar-refractivity contribution in [1.82, 2.24) is 14.5 Å². The second kappa shape index (κ2) is 5.72. The molecule has 0 bridgehead atoms. The first-order chi connectivity index (χ1) is 11.1. The van der Waals surface area contributed by atoms with E-state index in [2.05, 4.69) is 4.98 Å². The van der Waals surface area contributed by atoms with E-state index in [1.54, 1.807) is 16.2 Å². The Kier molecular flexibility index (Phi) is 3.69. The first-order valence-electron chi connectivity index (χ1n) is 8.02. The molecule has 2 aliphatic rings. The van der Waals surface area contributed by atoms with Crippen molar-refractivity contribution >= 4 is 27.5 Å². The minimum atomic E-state index is -0.0796. The fourth-order valence-electron chi connectivity index (χ4n) is 3.42. The van der Waals surface area contributed by atoms with Crippen molar-refractivity contribution in [2.24, 2.45) is 0 Å². The van der Waals surface area contributed by atoms with Crippen molar-refractivity contribution in [1.29, 1.82) is 0 Å². The number of carbonyl (C=O) groups is 1. The van der Waals surface area contributed by atoms with Gasteiger partial charge in [0, 0.05) is 18.0 Å². The largest absolute Gasteiger partial charge is 0.375 e. The van der Waals surface area contributed by atoms with Gasteiger partial charge in [0.1, 0.15) is 11.4 Å². The van der Waals surface area contributed by atoms with Crippen LogP contribution in [0, 0.1) is 0 Å². The zero-order chi connectivity index (χ0) is 16.0. The van der Waals surface area contributed by atoms with E-state index in [0.29, 0.717) is 19.7 Å². The predicted octanol–water partition coefficient (Wildman–Crippen LogP) is 1.19. The van der Waals surface area contributed by atoms with Crippen LogP contribution in [0.25, 0.3) is 10.2 Å². The number of ether oxygens (including phenoxy) is 1. The average molecular weight is 333 g/mol. The van der Waals surface area contributed by atoms with Crippen LogP contribution in [0.1, 0.15) is 23.8 Å². The summed E-state index contributed by atoms with van der Waals surface area (Å²) in [6.07, 6.45) is 4.66. The lowest BCUT2D eigenvalue weighted by Crippen LogP contribution is -2.46. The Hall–Kier alpha value is -1.73. The van der Waals surface area contributed by atoms with Gasteiger partial charge >= 0.3 is 0 Å². The van der Waals surface area contributed by atoms with E-state index in [0.717, 1.165) is 35.0 Å². The zero-order valence-electron chi connectivity index (χ0n) is 13.1. The molecule has 1 atom stereocenters. The summed E-state index contributed by atoms with van der Waals surface area (Å²) < 4.78 is 6.91. The summed E-state index contributed by atoms with van der Waals surface area (Å²) in [7, 11) is 0. The van der Waals surface area contributed by atoms with Crippen LogP contribution in [0.5, 0.6) is 0 Å². The van der Waals surface area contributed by atoms with E-state index in [-0.39, 0.29) is 24.1 Å². The first-order valence-corrected chi connectivity index (χ1v) is 8.84. The number of nitrogens with zero attached hydrogens (tertiary/aromatic N) is 3. The van der Waals surface area contributed by atoms with E-state index in [4.69, 9.17) is 4.74 Å². The summed E-state index contributed by atoms with van der Waals surface area (Å²) in [4.78, 5) is 33.5. The van der Waals surface area contributed by atoms with Crippen LogP contribution in [-0.2, 0) is 28.9 Å². The molecule has 1 amide bonds. The molecule has 6 nitrogen and oxygen atoms in total. The Morgan fingerprint density at radius 2 is 2.35 bits per heavy atom. The molecular formula is C16H19N3O3S.